The van der Waals surface area contributed by atoms with Crippen molar-refractivity contribution >= 4 is 5.97 Å². The van der Waals surface area contributed by atoms with Crippen molar-refractivity contribution in [1.82, 2.24) is 0 Å². The van der Waals surface area contributed by atoms with Crippen LogP contribution in [0.5, 0.6) is 11.5 Å². The molecular formula is C14H12CoO4. The van der Waals surface area contributed by atoms with Gasteiger partial charge in [-0.1, -0.05) is 30.3 Å². The molecule has 101 valence electrons. The number of ether oxygens (including phenoxy) is 1. The second kappa shape index (κ2) is 6.82. The molecule has 0 saturated heterocycles. The summed E-state index contributed by atoms with van der Waals surface area (Å²) < 4.78 is 5.42. The van der Waals surface area contributed by atoms with E-state index in [1.54, 1.807) is 42.5 Å². The number of carbonyl (C=O) groups is 1. The number of carboxylic acids is 1. The summed E-state index contributed by atoms with van der Waals surface area (Å²) in [6, 6.07) is 13.2. The van der Waals surface area contributed by atoms with Crippen molar-refractivity contribution in [3.8, 4) is 11.5 Å². The van der Waals surface area contributed by atoms with E-state index in [1.807, 2.05) is 0 Å². The topological polar surface area (TPSA) is 66.8 Å². The number of benzene rings is 2. The van der Waals surface area contributed by atoms with Crippen LogP contribution in [0, 0.1) is 0 Å². The summed E-state index contributed by atoms with van der Waals surface area (Å²) in [4.78, 5) is 11.0. The van der Waals surface area contributed by atoms with Crippen LogP contribution in [0.15, 0.2) is 48.5 Å². The van der Waals surface area contributed by atoms with Crippen LogP contribution in [0.4, 0.5) is 0 Å². The van der Waals surface area contributed by atoms with Gasteiger partial charge in [0.1, 0.15) is 23.7 Å². The van der Waals surface area contributed by atoms with Gasteiger partial charge in [0.25, 0.3) is 0 Å². The predicted octanol–water partition coefficient (Wildman–Crippen LogP) is 2.67. The van der Waals surface area contributed by atoms with E-state index in [9.17, 15) is 9.90 Å². The summed E-state index contributed by atoms with van der Waals surface area (Å²) in [5, 5.41) is 18.6. The number of phenolic OH excluding ortho intramolecular Hbond substituents is 1. The Balaban J connectivity index is 0.00000180. The van der Waals surface area contributed by atoms with Crippen LogP contribution >= 0.6 is 0 Å². The van der Waals surface area contributed by atoms with E-state index in [1.165, 1.54) is 6.07 Å². The Labute approximate surface area is 120 Å². The Bertz CT molecular complexity index is 569. The minimum absolute atomic E-state index is 0. The van der Waals surface area contributed by atoms with E-state index in [0.29, 0.717) is 5.56 Å². The van der Waals surface area contributed by atoms with Crippen molar-refractivity contribution in [3.05, 3.63) is 59.7 Å². The van der Waals surface area contributed by atoms with Gasteiger partial charge in [-0.3, -0.25) is 0 Å². The normalized spacial score (nSPS) is 9.47. The number of rotatable bonds is 4. The largest absolute Gasteiger partial charge is 0.508 e. The second-order valence-corrected chi connectivity index (χ2v) is 3.72. The molecule has 0 heterocycles. The third-order valence-electron chi connectivity index (χ3n) is 2.49. The predicted molar refractivity (Wildman–Crippen MR) is 65.8 cm³/mol. The van der Waals surface area contributed by atoms with Crippen molar-refractivity contribution in [2.75, 3.05) is 0 Å². The molecule has 0 fully saturated rings. The van der Waals surface area contributed by atoms with Crippen molar-refractivity contribution in [1.29, 1.82) is 0 Å². The Morgan fingerprint density at radius 1 is 1.05 bits per heavy atom. The summed E-state index contributed by atoms with van der Waals surface area (Å²) in [6.45, 7) is 0.122. The van der Waals surface area contributed by atoms with Gasteiger partial charge in [0.05, 0.1) is 0 Å². The monoisotopic (exact) mass is 303 g/mol. The second-order valence-electron chi connectivity index (χ2n) is 3.72. The summed E-state index contributed by atoms with van der Waals surface area (Å²) in [6.07, 6.45) is 0. The van der Waals surface area contributed by atoms with Crippen LogP contribution < -0.4 is 4.74 Å². The Hall–Kier alpha value is -1.98. The third kappa shape index (κ3) is 3.74. The SMILES string of the molecule is O=C(O)c1ccccc1OCc1ccccc1O.[Co]. The third-order valence-corrected chi connectivity index (χ3v) is 2.49. The first-order valence-electron chi connectivity index (χ1n) is 5.40. The van der Waals surface area contributed by atoms with Crippen LogP contribution in [-0.2, 0) is 23.4 Å². The first kappa shape index (κ1) is 15.1. The van der Waals surface area contributed by atoms with Gasteiger partial charge >= 0.3 is 5.97 Å². The summed E-state index contributed by atoms with van der Waals surface area (Å²) in [5.74, 6) is -0.624. The molecule has 0 unspecified atom stereocenters. The average Bonchev–Trinajstić information content (AvgIpc) is 2.38. The van der Waals surface area contributed by atoms with Gasteiger partial charge < -0.3 is 14.9 Å². The van der Waals surface area contributed by atoms with Gasteiger partial charge in [0, 0.05) is 22.3 Å². The summed E-state index contributed by atoms with van der Waals surface area (Å²) in [5.41, 5.74) is 0.714. The minimum Gasteiger partial charge on any atom is -0.508 e. The number of aromatic carboxylic acids is 1. The first-order chi connectivity index (χ1) is 8.68. The van der Waals surface area contributed by atoms with E-state index in [-0.39, 0.29) is 40.4 Å². The number of hydrogen-bond donors (Lipinski definition) is 2. The van der Waals surface area contributed by atoms with E-state index in [2.05, 4.69) is 0 Å². The van der Waals surface area contributed by atoms with Gasteiger partial charge in [-0.25, -0.2) is 4.79 Å². The Morgan fingerprint density at radius 2 is 1.68 bits per heavy atom. The molecule has 0 spiro atoms. The molecule has 0 aromatic heterocycles. The van der Waals surface area contributed by atoms with Gasteiger partial charge in [0.15, 0.2) is 0 Å². The molecule has 2 rings (SSSR count). The maximum absolute atomic E-state index is 11.0. The number of hydrogen-bond acceptors (Lipinski definition) is 3. The average molecular weight is 303 g/mol. The van der Waals surface area contributed by atoms with Crippen molar-refractivity contribution in [2.24, 2.45) is 0 Å². The quantitative estimate of drug-likeness (QED) is 0.911. The van der Waals surface area contributed by atoms with E-state index in [0.717, 1.165) is 0 Å². The van der Waals surface area contributed by atoms with E-state index in [4.69, 9.17) is 9.84 Å². The minimum atomic E-state index is -1.04. The molecule has 0 atom stereocenters. The molecule has 0 saturated carbocycles. The number of carboxylic acid groups (broad SMARTS) is 1. The summed E-state index contributed by atoms with van der Waals surface area (Å²) in [7, 11) is 0. The fourth-order valence-corrected chi connectivity index (χ4v) is 1.56. The molecule has 2 N–H and O–H groups in total. The number of aromatic hydroxyl groups is 1. The number of para-hydroxylation sites is 2. The number of phenols is 1. The molecule has 4 nitrogen and oxygen atoms in total. The van der Waals surface area contributed by atoms with Gasteiger partial charge in [-0.05, 0) is 18.2 Å². The fraction of sp³-hybridized carbons (Fsp3) is 0.0714. The fourth-order valence-electron chi connectivity index (χ4n) is 1.56. The molecule has 0 aliphatic heterocycles. The van der Waals surface area contributed by atoms with Crippen LogP contribution in [0.2, 0.25) is 0 Å². The van der Waals surface area contributed by atoms with Crippen LogP contribution in [0.25, 0.3) is 0 Å². The zero-order valence-corrected chi connectivity index (χ0v) is 10.9. The maximum Gasteiger partial charge on any atom is 0.339 e. The van der Waals surface area contributed by atoms with Crippen LogP contribution in [-0.4, -0.2) is 16.2 Å². The smallest absolute Gasteiger partial charge is 0.339 e. The van der Waals surface area contributed by atoms with Gasteiger partial charge in [-0.15, -0.1) is 0 Å². The molecule has 1 radical (unpaired) electrons. The van der Waals surface area contributed by atoms with E-state index >= 15 is 0 Å². The van der Waals surface area contributed by atoms with Gasteiger partial charge in [-0.2, -0.15) is 0 Å². The van der Waals surface area contributed by atoms with Gasteiger partial charge in [0.2, 0.25) is 0 Å². The standard InChI is InChI=1S/C14H12O4.Co/c15-12-7-3-1-5-10(12)9-18-13-8-4-2-6-11(13)14(16)17;/h1-8,15H,9H2,(H,16,17);. The molecular weight excluding hydrogens is 291 g/mol. The zero-order chi connectivity index (χ0) is 13.0. The van der Waals surface area contributed by atoms with E-state index < -0.39 is 5.97 Å². The molecule has 0 amide bonds. The van der Waals surface area contributed by atoms with Crippen LogP contribution in [0.3, 0.4) is 0 Å². The van der Waals surface area contributed by atoms with Crippen molar-refractivity contribution in [3.63, 3.8) is 0 Å². The Morgan fingerprint density at radius 3 is 2.37 bits per heavy atom. The molecule has 19 heavy (non-hydrogen) atoms. The van der Waals surface area contributed by atoms with Crippen molar-refractivity contribution in [2.45, 2.75) is 6.61 Å². The zero-order valence-electron chi connectivity index (χ0n) is 9.87. The molecule has 0 bridgehead atoms. The van der Waals surface area contributed by atoms with Crippen molar-refractivity contribution < 1.29 is 36.5 Å². The Kier molecular flexibility index (Phi) is 5.41. The molecule has 5 heteroatoms. The first-order valence-corrected chi connectivity index (χ1v) is 5.40. The molecule has 2 aromatic rings. The van der Waals surface area contributed by atoms with Crippen LogP contribution in [0.1, 0.15) is 15.9 Å². The molecule has 0 aliphatic carbocycles. The summed E-state index contributed by atoms with van der Waals surface area (Å²) >= 11 is 0. The molecule has 2 aromatic carbocycles. The maximum atomic E-state index is 11.0. The molecule has 0 aliphatic rings.